The second-order valence-corrected chi connectivity index (χ2v) is 4.71. The van der Waals surface area contributed by atoms with Gasteiger partial charge in [0.1, 0.15) is 0 Å². The molecule has 1 aromatic rings. The van der Waals surface area contributed by atoms with Crippen LogP contribution in [-0.4, -0.2) is 37.3 Å². The molecule has 1 rings (SSSR count). The smallest absolute Gasteiger partial charge is 0.0436 e. The highest BCUT2D eigenvalue weighted by molar-refractivity contribution is 5.24. The largest absolute Gasteiger partial charge is 0.396 e. The van der Waals surface area contributed by atoms with Gasteiger partial charge in [0.25, 0.3) is 0 Å². The predicted octanol–water partition coefficient (Wildman–Crippen LogP) is 2.41. The van der Waals surface area contributed by atoms with Gasteiger partial charge < -0.3 is 10.0 Å². The molecule has 0 aliphatic heterocycles. The standard InChI is InChI=1S/C14H23NO/c1-12-4-6-13(7-5-12)14(9-11-16)8-10-15(2)3/h4-7,14,16H,8-11H2,1-3H3. The summed E-state index contributed by atoms with van der Waals surface area (Å²) in [6.07, 6.45) is 1.97. The van der Waals surface area contributed by atoms with E-state index in [1.165, 1.54) is 11.1 Å². The van der Waals surface area contributed by atoms with Crippen molar-refractivity contribution in [3.63, 3.8) is 0 Å². The zero-order valence-corrected chi connectivity index (χ0v) is 10.6. The fourth-order valence-electron chi connectivity index (χ4n) is 1.89. The first-order valence-corrected chi connectivity index (χ1v) is 5.95. The molecule has 0 aliphatic carbocycles. The summed E-state index contributed by atoms with van der Waals surface area (Å²) < 4.78 is 0. The van der Waals surface area contributed by atoms with Crippen molar-refractivity contribution in [1.82, 2.24) is 4.90 Å². The van der Waals surface area contributed by atoms with Gasteiger partial charge in [0.2, 0.25) is 0 Å². The third kappa shape index (κ3) is 4.33. The second-order valence-electron chi connectivity index (χ2n) is 4.71. The number of hydrogen-bond donors (Lipinski definition) is 1. The van der Waals surface area contributed by atoms with Crippen LogP contribution in [0.25, 0.3) is 0 Å². The van der Waals surface area contributed by atoms with Crippen molar-refractivity contribution < 1.29 is 5.11 Å². The maximum Gasteiger partial charge on any atom is 0.0436 e. The molecule has 1 atom stereocenters. The Morgan fingerprint density at radius 2 is 1.75 bits per heavy atom. The monoisotopic (exact) mass is 221 g/mol. The van der Waals surface area contributed by atoms with Crippen molar-refractivity contribution >= 4 is 0 Å². The number of aliphatic hydroxyl groups excluding tert-OH is 1. The quantitative estimate of drug-likeness (QED) is 0.797. The number of rotatable bonds is 6. The Morgan fingerprint density at radius 1 is 1.12 bits per heavy atom. The Balaban J connectivity index is 2.64. The number of benzene rings is 1. The maximum absolute atomic E-state index is 9.10. The molecule has 0 aromatic heterocycles. The zero-order chi connectivity index (χ0) is 12.0. The SMILES string of the molecule is Cc1ccc(C(CCO)CCN(C)C)cc1. The Labute approximate surface area is 98.9 Å². The molecule has 0 bridgehead atoms. The van der Waals surface area contributed by atoms with Gasteiger partial charge in [-0.2, -0.15) is 0 Å². The normalized spacial score (nSPS) is 13.1. The van der Waals surface area contributed by atoms with E-state index in [1.54, 1.807) is 0 Å². The molecule has 0 spiro atoms. The molecule has 0 saturated carbocycles. The van der Waals surface area contributed by atoms with E-state index in [9.17, 15) is 0 Å². The molecule has 2 heteroatoms. The molecule has 16 heavy (non-hydrogen) atoms. The lowest BCUT2D eigenvalue weighted by Gasteiger charge is -2.19. The summed E-state index contributed by atoms with van der Waals surface area (Å²) >= 11 is 0. The van der Waals surface area contributed by atoms with Gasteiger partial charge in [-0.3, -0.25) is 0 Å². The van der Waals surface area contributed by atoms with E-state index in [-0.39, 0.29) is 6.61 Å². The molecule has 0 radical (unpaired) electrons. The van der Waals surface area contributed by atoms with E-state index in [0.717, 1.165) is 19.4 Å². The van der Waals surface area contributed by atoms with Crippen molar-refractivity contribution in [2.45, 2.75) is 25.7 Å². The first-order valence-electron chi connectivity index (χ1n) is 5.95. The summed E-state index contributed by atoms with van der Waals surface area (Å²) in [6.45, 7) is 3.44. The van der Waals surface area contributed by atoms with Gasteiger partial charge in [-0.1, -0.05) is 29.8 Å². The highest BCUT2D eigenvalue weighted by Gasteiger charge is 2.10. The first-order chi connectivity index (χ1) is 7.63. The van der Waals surface area contributed by atoms with Crippen LogP contribution >= 0.6 is 0 Å². The summed E-state index contributed by atoms with van der Waals surface area (Å²) in [6, 6.07) is 8.67. The van der Waals surface area contributed by atoms with E-state index >= 15 is 0 Å². The van der Waals surface area contributed by atoms with Crippen molar-refractivity contribution in [2.24, 2.45) is 0 Å². The Bertz CT molecular complexity index is 292. The topological polar surface area (TPSA) is 23.5 Å². The minimum absolute atomic E-state index is 0.270. The molecule has 0 amide bonds. The lowest BCUT2D eigenvalue weighted by Crippen LogP contribution is -2.16. The molecular weight excluding hydrogens is 198 g/mol. The minimum Gasteiger partial charge on any atom is -0.396 e. The van der Waals surface area contributed by atoms with Crippen molar-refractivity contribution in [3.05, 3.63) is 35.4 Å². The summed E-state index contributed by atoms with van der Waals surface area (Å²) in [5.74, 6) is 0.480. The van der Waals surface area contributed by atoms with Gasteiger partial charge in [0, 0.05) is 6.61 Å². The molecule has 0 heterocycles. The summed E-state index contributed by atoms with van der Waals surface area (Å²) in [5.41, 5.74) is 2.64. The highest BCUT2D eigenvalue weighted by Crippen LogP contribution is 2.23. The molecule has 0 aliphatic rings. The number of aliphatic hydroxyl groups is 1. The van der Waals surface area contributed by atoms with E-state index in [2.05, 4.69) is 50.2 Å². The molecular formula is C14H23NO. The summed E-state index contributed by atoms with van der Waals surface area (Å²) in [4.78, 5) is 2.19. The van der Waals surface area contributed by atoms with E-state index in [1.807, 2.05) is 0 Å². The number of aryl methyl sites for hydroxylation is 1. The fraction of sp³-hybridized carbons (Fsp3) is 0.571. The predicted molar refractivity (Wildman–Crippen MR) is 68.8 cm³/mol. The van der Waals surface area contributed by atoms with Crippen LogP contribution < -0.4 is 0 Å². The van der Waals surface area contributed by atoms with Crippen LogP contribution in [0.1, 0.15) is 29.9 Å². The third-order valence-corrected chi connectivity index (χ3v) is 2.95. The van der Waals surface area contributed by atoms with Crippen LogP contribution in [0.5, 0.6) is 0 Å². The average Bonchev–Trinajstić information content (AvgIpc) is 2.25. The van der Waals surface area contributed by atoms with Crippen molar-refractivity contribution in [3.8, 4) is 0 Å². The Hall–Kier alpha value is -0.860. The summed E-state index contributed by atoms with van der Waals surface area (Å²) in [7, 11) is 4.18. The van der Waals surface area contributed by atoms with Crippen LogP contribution in [0.15, 0.2) is 24.3 Å². The van der Waals surface area contributed by atoms with Crippen LogP contribution in [0.4, 0.5) is 0 Å². The van der Waals surface area contributed by atoms with Gasteiger partial charge in [0.05, 0.1) is 0 Å². The van der Waals surface area contributed by atoms with Gasteiger partial charge >= 0.3 is 0 Å². The lowest BCUT2D eigenvalue weighted by molar-refractivity contribution is 0.266. The first kappa shape index (κ1) is 13.2. The van der Waals surface area contributed by atoms with Crippen molar-refractivity contribution in [2.75, 3.05) is 27.2 Å². The molecule has 90 valence electrons. The zero-order valence-electron chi connectivity index (χ0n) is 10.6. The fourth-order valence-corrected chi connectivity index (χ4v) is 1.89. The van der Waals surface area contributed by atoms with Gasteiger partial charge in [-0.25, -0.2) is 0 Å². The van der Waals surface area contributed by atoms with E-state index in [4.69, 9.17) is 5.11 Å². The van der Waals surface area contributed by atoms with E-state index < -0.39 is 0 Å². The van der Waals surface area contributed by atoms with Gasteiger partial charge in [0.15, 0.2) is 0 Å². The second kappa shape index (κ2) is 6.66. The molecule has 0 fully saturated rings. The van der Waals surface area contributed by atoms with Crippen LogP contribution in [0.2, 0.25) is 0 Å². The Kier molecular flexibility index (Phi) is 5.50. The van der Waals surface area contributed by atoms with Crippen LogP contribution in [0.3, 0.4) is 0 Å². The molecule has 1 aromatic carbocycles. The number of nitrogens with zero attached hydrogens (tertiary/aromatic N) is 1. The lowest BCUT2D eigenvalue weighted by atomic mass is 9.92. The molecule has 0 saturated heterocycles. The minimum atomic E-state index is 0.270. The highest BCUT2D eigenvalue weighted by atomic mass is 16.3. The molecule has 1 unspecified atom stereocenters. The van der Waals surface area contributed by atoms with Gasteiger partial charge in [-0.15, -0.1) is 0 Å². The van der Waals surface area contributed by atoms with Crippen molar-refractivity contribution in [1.29, 1.82) is 0 Å². The molecule has 2 nitrogen and oxygen atoms in total. The number of hydrogen-bond acceptors (Lipinski definition) is 2. The van der Waals surface area contributed by atoms with Crippen LogP contribution in [0, 0.1) is 6.92 Å². The Morgan fingerprint density at radius 3 is 2.25 bits per heavy atom. The molecule has 1 N–H and O–H groups in total. The average molecular weight is 221 g/mol. The summed E-state index contributed by atoms with van der Waals surface area (Å²) in [5, 5.41) is 9.10. The van der Waals surface area contributed by atoms with Crippen LogP contribution in [-0.2, 0) is 0 Å². The van der Waals surface area contributed by atoms with E-state index in [0.29, 0.717) is 5.92 Å². The third-order valence-electron chi connectivity index (χ3n) is 2.95. The van der Waals surface area contributed by atoms with Gasteiger partial charge in [-0.05, 0) is 51.9 Å². The maximum atomic E-state index is 9.10.